The van der Waals surface area contributed by atoms with Crippen molar-refractivity contribution in [3.8, 4) is 5.69 Å². The molecule has 0 aliphatic rings. The first-order valence-electron chi connectivity index (χ1n) is 5.93. The molecule has 19 heavy (non-hydrogen) atoms. The van der Waals surface area contributed by atoms with Crippen LogP contribution in [0.5, 0.6) is 0 Å². The molecule has 0 aliphatic carbocycles. The molecule has 0 atom stereocenters. The van der Waals surface area contributed by atoms with E-state index < -0.39 is 0 Å². The number of benzene rings is 1. The van der Waals surface area contributed by atoms with E-state index in [0.29, 0.717) is 5.88 Å². The van der Waals surface area contributed by atoms with Crippen molar-refractivity contribution in [1.82, 2.24) is 14.5 Å². The summed E-state index contributed by atoms with van der Waals surface area (Å²) in [6, 6.07) is 10.1. The second kappa shape index (κ2) is 5.31. The van der Waals surface area contributed by atoms with Gasteiger partial charge in [0.15, 0.2) is 0 Å². The number of hydrogen-bond donors (Lipinski definition) is 0. The molecule has 0 spiro atoms. The second-order valence-corrected chi connectivity index (χ2v) is 5.44. The number of halogens is 2. The lowest BCUT2D eigenvalue weighted by Gasteiger charge is -2.08. The molecular weight excluding hydrogens is 326 g/mol. The molecule has 0 unspecified atom stereocenters. The van der Waals surface area contributed by atoms with Crippen LogP contribution in [-0.4, -0.2) is 20.4 Å². The molecule has 0 saturated carbocycles. The number of fused-ring (bicyclic) bond motifs is 1. The normalized spacial score (nSPS) is 11.1. The van der Waals surface area contributed by atoms with E-state index in [-0.39, 0.29) is 0 Å². The van der Waals surface area contributed by atoms with E-state index in [2.05, 4.69) is 42.6 Å². The third-order valence-corrected chi connectivity index (χ3v) is 3.65. The monoisotopic (exact) mass is 335 g/mol. The fourth-order valence-corrected chi connectivity index (χ4v) is 2.55. The van der Waals surface area contributed by atoms with Gasteiger partial charge < -0.3 is 0 Å². The molecule has 0 aliphatic heterocycles. The largest absolute Gasteiger partial charge is 0.296 e. The lowest BCUT2D eigenvalue weighted by atomic mass is 10.3. The summed E-state index contributed by atoms with van der Waals surface area (Å²) in [4.78, 5) is 8.72. The topological polar surface area (TPSA) is 30.7 Å². The van der Waals surface area contributed by atoms with Crippen LogP contribution in [0.4, 0.5) is 0 Å². The average molecular weight is 337 g/mol. The molecule has 0 radical (unpaired) electrons. The third kappa shape index (κ3) is 2.38. The maximum Gasteiger partial charge on any atom is 0.115 e. The highest BCUT2D eigenvalue weighted by atomic mass is 79.9. The molecule has 2 heterocycles. The first-order chi connectivity index (χ1) is 9.29. The van der Waals surface area contributed by atoms with E-state index in [9.17, 15) is 0 Å². The van der Waals surface area contributed by atoms with Crippen LogP contribution < -0.4 is 0 Å². The van der Waals surface area contributed by atoms with E-state index in [4.69, 9.17) is 11.6 Å². The molecule has 3 nitrogen and oxygen atoms in total. The van der Waals surface area contributed by atoms with Gasteiger partial charge in [-0.1, -0.05) is 15.9 Å². The van der Waals surface area contributed by atoms with Gasteiger partial charge in [-0.3, -0.25) is 9.55 Å². The molecule has 0 N–H and O–H groups in total. The Hall–Kier alpha value is -1.39. The minimum absolute atomic E-state index is 0.549. The van der Waals surface area contributed by atoms with Crippen molar-refractivity contribution in [3.63, 3.8) is 0 Å². The Morgan fingerprint density at radius 2 is 1.95 bits per heavy atom. The molecule has 0 saturated heterocycles. The van der Waals surface area contributed by atoms with Crippen molar-refractivity contribution in [2.24, 2.45) is 0 Å². The number of aryl methyl sites for hydroxylation is 1. The van der Waals surface area contributed by atoms with Crippen LogP contribution in [0.1, 0.15) is 5.82 Å². The third-order valence-electron chi connectivity index (χ3n) is 2.93. The minimum atomic E-state index is 0.549. The number of alkyl halides is 1. The number of pyridine rings is 1. The zero-order valence-corrected chi connectivity index (χ0v) is 12.4. The zero-order chi connectivity index (χ0) is 13.2. The molecule has 0 fully saturated rings. The van der Waals surface area contributed by atoms with Crippen LogP contribution in [0.2, 0.25) is 0 Å². The molecule has 5 heteroatoms. The average Bonchev–Trinajstić information content (AvgIpc) is 2.78. The van der Waals surface area contributed by atoms with Gasteiger partial charge in [0, 0.05) is 28.7 Å². The maximum atomic E-state index is 5.87. The van der Waals surface area contributed by atoms with Crippen molar-refractivity contribution in [2.45, 2.75) is 6.42 Å². The lowest BCUT2D eigenvalue weighted by molar-refractivity contribution is 0.912. The minimum Gasteiger partial charge on any atom is -0.296 e. The maximum absolute atomic E-state index is 5.87. The van der Waals surface area contributed by atoms with Crippen LogP contribution in [0.15, 0.2) is 47.2 Å². The molecule has 2 aromatic heterocycles. The SMILES string of the molecule is ClCCc1nc2cnccc2n1-c1ccc(Br)cc1. The van der Waals surface area contributed by atoms with E-state index in [1.165, 1.54) is 0 Å². The summed E-state index contributed by atoms with van der Waals surface area (Å²) in [7, 11) is 0. The Kier molecular flexibility index (Phi) is 3.53. The summed E-state index contributed by atoms with van der Waals surface area (Å²) in [5.74, 6) is 1.51. The standard InChI is InChI=1S/C14H11BrClN3/c15-10-1-3-11(4-2-10)19-13-6-8-17-9-12(13)18-14(19)5-7-16/h1-4,6,8-9H,5,7H2. The van der Waals surface area contributed by atoms with Crippen molar-refractivity contribution in [2.75, 3.05) is 5.88 Å². The Labute approximate surface area is 124 Å². The summed E-state index contributed by atoms with van der Waals surface area (Å²) >= 11 is 9.32. The van der Waals surface area contributed by atoms with Crippen LogP contribution in [-0.2, 0) is 6.42 Å². The number of nitrogens with zero attached hydrogens (tertiary/aromatic N) is 3. The van der Waals surface area contributed by atoms with Gasteiger partial charge in [0.2, 0.25) is 0 Å². The van der Waals surface area contributed by atoms with Crippen molar-refractivity contribution < 1.29 is 0 Å². The molecule has 1 aromatic carbocycles. The number of imidazole rings is 1. The quantitative estimate of drug-likeness (QED) is 0.678. The van der Waals surface area contributed by atoms with E-state index in [1.54, 1.807) is 12.4 Å². The van der Waals surface area contributed by atoms with Gasteiger partial charge in [0.05, 0.1) is 11.7 Å². The summed E-state index contributed by atoms with van der Waals surface area (Å²) in [6.07, 6.45) is 4.29. The van der Waals surface area contributed by atoms with Crippen LogP contribution in [0.25, 0.3) is 16.7 Å². The summed E-state index contributed by atoms with van der Waals surface area (Å²) in [5, 5.41) is 0. The number of rotatable bonds is 3. The van der Waals surface area contributed by atoms with Gasteiger partial charge in [-0.15, -0.1) is 11.6 Å². The summed E-state index contributed by atoms with van der Waals surface area (Å²) in [5.41, 5.74) is 3.03. The smallest absolute Gasteiger partial charge is 0.115 e. The molecule has 96 valence electrons. The molecular formula is C14H11BrClN3. The fraction of sp³-hybridized carbons (Fsp3) is 0.143. The molecule has 3 aromatic rings. The van der Waals surface area contributed by atoms with Gasteiger partial charge >= 0.3 is 0 Å². The fourth-order valence-electron chi connectivity index (χ4n) is 2.11. The zero-order valence-electron chi connectivity index (χ0n) is 10.1. The first kappa shape index (κ1) is 12.6. The van der Waals surface area contributed by atoms with Gasteiger partial charge in [-0.05, 0) is 30.3 Å². The van der Waals surface area contributed by atoms with Gasteiger partial charge in [0.25, 0.3) is 0 Å². The van der Waals surface area contributed by atoms with Gasteiger partial charge in [-0.2, -0.15) is 0 Å². The molecule has 0 bridgehead atoms. The van der Waals surface area contributed by atoms with Gasteiger partial charge in [-0.25, -0.2) is 4.98 Å². The van der Waals surface area contributed by atoms with E-state index in [1.807, 2.05) is 18.2 Å². The summed E-state index contributed by atoms with van der Waals surface area (Å²) in [6.45, 7) is 0. The lowest BCUT2D eigenvalue weighted by Crippen LogP contribution is -2.02. The van der Waals surface area contributed by atoms with E-state index in [0.717, 1.165) is 33.4 Å². The van der Waals surface area contributed by atoms with Crippen LogP contribution in [0, 0.1) is 0 Å². The van der Waals surface area contributed by atoms with Crippen LogP contribution >= 0.6 is 27.5 Å². The van der Waals surface area contributed by atoms with Gasteiger partial charge in [0.1, 0.15) is 11.3 Å². The molecule has 3 rings (SSSR count). The van der Waals surface area contributed by atoms with Crippen molar-refractivity contribution in [3.05, 3.63) is 53.0 Å². The van der Waals surface area contributed by atoms with Crippen molar-refractivity contribution >= 4 is 38.6 Å². The predicted molar refractivity (Wildman–Crippen MR) is 81.0 cm³/mol. The second-order valence-electron chi connectivity index (χ2n) is 4.14. The highest BCUT2D eigenvalue weighted by molar-refractivity contribution is 9.10. The Morgan fingerprint density at radius 1 is 1.16 bits per heavy atom. The highest BCUT2D eigenvalue weighted by Crippen LogP contribution is 2.22. The molecule has 0 amide bonds. The number of hydrogen-bond acceptors (Lipinski definition) is 2. The Morgan fingerprint density at radius 3 is 2.68 bits per heavy atom. The highest BCUT2D eigenvalue weighted by Gasteiger charge is 2.11. The van der Waals surface area contributed by atoms with Crippen LogP contribution in [0.3, 0.4) is 0 Å². The Bertz CT molecular complexity index is 706. The summed E-state index contributed by atoms with van der Waals surface area (Å²) < 4.78 is 3.19. The van der Waals surface area contributed by atoms with E-state index >= 15 is 0 Å². The number of aromatic nitrogens is 3. The van der Waals surface area contributed by atoms with Crippen molar-refractivity contribution in [1.29, 1.82) is 0 Å². The first-order valence-corrected chi connectivity index (χ1v) is 7.25. The predicted octanol–water partition coefficient (Wildman–Crippen LogP) is 3.96. The Balaban J connectivity index is 2.24.